The summed E-state index contributed by atoms with van der Waals surface area (Å²) in [6.45, 7) is 2.05. The molecule has 8 rings (SSSR count). The standard InChI is InChI=1S/C21H30IN7O7.C21H27N7O7S.2C21H30N6O5S.4CH4/c1-10(30)16-21(34)26-14(18(24)31)5-7-25-17-12(8-11(29(35)36)9-13(17)22)19(32)27-15(20(33)28-16)4-2-3-6-23;22-15(29)5-12-20(34)27-13(6-16(23)30)21(35)28-14(19(33)25-7-17(24)31)9-36-8-10-3-1-2-4-11(10)18(32)26-12;22-8-4-3-7-14-20(31)27-16(18(24)29)11-33-10-12-5-1-2-6-13(12)19(30)26-15(9-17(23)28)21(32)25-14;22-8-4-3-7-14-20(31)26-15(9-17(23)28)21(32)27-16(18(24)29)11-33-10-12-5-1-2-6-13(12)19(30)25-14;;;;/h8-10,14-16,25,30H,2-7,23H2,1H3,(H2,24,31)(H,26,34)(H,27,32)(H,28,33);1-4,12-14H,5-9H2,(H2,22,29)(H2,23,30)(H2,24,31)(H,25,33)(H,26,32)(H,27,34)(H,28,35);1-2,5-6,14-16H,3-4,7-11,22H2,(H2,23,28)(H2,24,29)(H,25,32)(H,26,30)(H,27,31);1-2,5-6,14-16H,3-4,7-11,22H2,(H2,23,28)(H2,24,29)(H,25,30)(H,26,31)(H,27,32);4*1H4/t10?,14-,15?,16-;12?,13-,14-;14-,15?,16-;14?,15-,16-;;;;/m0000..../s1. The number of thioether (sulfide) groups is 3. The molecule has 4 aliphatic heterocycles. The highest BCUT2D eigenvalue weighted by Gasteiger charge is 2.39. The summed E-state index contributed by atoms with van der Waals surface area (Å²) in [5, 5.41) is 56.8. The van der Waals surface area contributed by atoms with E-state index in [4.69, 9.17) is 63.1 Å². The predicted molar refractivity (Wildman–Crippen MR) is 540 cm³/mol. The number of halogens is 1. The Morgan fingerprint density at radius 2 is 0.711 bits per heavy atom. The van der Waals surface area contributed by atoms with Crippen molar-refractivity contribution in [1.29, 1.82) is 0 Å². The number of hydrogen-bond donors (Lipinski definition) is 26. The Morgan fingerprint density at radius 1 is 0.408 bits per heavy atom. The first-order valence-electron chi connectivity index (χ1n) is 43.1. The number of primary amides is 8. The van der Waals surface area contributed by atoms with Crippen molar-refractivity contribution < 1.29 is 111 Å². The molecule has 784 valence electrons. The van der Waals surface area contributed by atoms with Gasteiger partial charge >= 0.3 is 0 Å². The molecule has 0 radical (unpaired) electrons. The van der Waals surface area contributed by atoms with E-state index in [0.29, 0.717) is 101 Å². The smallest absolute Gasteiger partial charge is 0.271 e. The van der Waals surface area contributed by atoms with E-state index in [-0.39, 0.29) is 107 Å². The Hall–Kier alpha value is -13.4. The van der Waals surface area contributed by atoms with Crippen LogP contribution in [-0.4, -0.2) is 263 Å². The molecule has 0 fully saturated rings. The molecule has 142 heavy (non-hydrogen) atoms. The molecule has 50 nitrogen and oxygen atoms in total. The van der Waals surface area contributed by atoms with Crippen LogP contribution in [0, 0.1) is 13.7 Å². The van der Waals surface area contributed by atoms with Gasteiger partial charge < -0.3 is 143 Å². The summed E-state index contributed by atoms with van der Waals surface area (Å²) in [5.74, 6) is -14.7. The number of rotatable bonds is 28. The third-order valence-electron chi connectivity index (χ3n) is 20.6. The Labute approximate surface area is 846 Å². The topological polar surface area (TPSA) is 876 Å². The van der Waals surface area contributed by atoms with Gasteiger partial charge in [-0.3, -0.25) is 111 Å². The number of nitro benzene ring substituents is 1. The van der Waals surface area contributed by atoms with Crippen LogP contribution in [0.15, 0.2) is 84.9 Å². The van der Waals surface area contributed by atoms with Crippen molar-refractivity contribution in [1.82, 2.24) is 69.1 Å². The third kappa shape index (κ3) is 42.9. The quantitative estimate of drug-likeness (QED) is 0.0110. The largest absolute Gasteiger partial charge is 0.391 e. The summed E-state index contributed by atoms with van der Waals surface area (Å²) in [7, 11) is 0. The minimum atomic E-state index is -1.53. The maximum atomic E-state index is 13.3. The molecule has 4 heterocycles. The van der Waals surface area contributed by atoms with Gasteiger partial charge in [0.15, 0.2) is 0 Å². The van der Waals surface area contributed by atoms with Crippen LogP contribution in [-0.2, 0) is 98.8 Å². The Morgan fingerprint density at radius 3 is 1.06 bits per heavy atom. The number of nitrogens with zero attached hydrogens (tertiary/aromatic N) is 1. The molecular formula is C88H133IN26O24S3. The summed E-state index contributed by atoms with van der Waals surface area (Å²) in [6.07, 6.45) is 0.546. The van der Waals surface area contributed by atoms with Gasteiger partial charge in [-0.15, -0.1) is 0 Å². The molecule has 0 aliphatic carbocycles. The number of carbonyl (C=O) groups excluding carboxylic acids is 21. The zero-order chi connectivity index (χ0) is 103. The minimum absolute atomic E-state index is 0. The van der Waals surface area contributed by atoms with Gasteiger partial charge in [-0.2, -0.15) is 35.3 Å². The number of anilines is 1. The van der Waals surface area contributed by atoms with E-state index in [1.807, 2.05) is 22.6 Å². The minimum Gasteiger partial charge on any atom is -0.391 e. The van der Waals surface area contributed by atoms with Crippen molar-refractivity contribution in [2.75, 3.05) is 55.3 Å². The molecule has 0 spiro atoms. The molecule has 4 aliphatic rings. The van der Waals surface area contributed by atoms with Crippen LogP contribution in [0.5, 0.6) is 0 Å². The number of hydrogen-bond acceptors (Lipinski definition) is 31. The molecule has 0 bridgehead atoms. The van der Waals surface area contributed by atoms with Gasteiger partial charge in [0.1, 0.15) is 72.5 Å². The Balaban J connectivity index is 0.000000939. The van der Waals surface area contributed by atoms with E-state index >= 15 is 0 Å². The van der Waals surface area contributed by atoms with Gasteiger partial charge in [-0.05, 0) is 148 Å². The predicted octanol–water partition coefficient (Wildman–Crippen LogP) is -5.04. The van der Waals surface area contributed by atoms with Crippen molar-refractivity contribution in [3.63, 3.8) is 0 Å². The van der Waals surface area contributed by atoms with Gasteiger partial charge in [0.25, 0.3) is 29.3 Å². The van der Waals surface area contributed by atoms with Crippen LogP contribution in [0.1, 0.15) is 185 Å². The molecular weight excluding hydrogens is 2030 g/mol. The van der Waals surface area contributed by atoms with Crippen molar-refractivity contribution in [2.45, 2.75) is 222 Å². The maximum Gasteiger partial charge on any atom is 0.271 e. The van der Waals surface area contributed by atoms with Gasteiger partial charge in [0.2, 0.25) is 100 Å². The number of unbranched alkanes of at least 4 members (excludes halogenated alkanes) is 3. The van der Waals surface area contributed by atoms with Crippen LogP contribution in [0.25, 0.3) is 0 Å². The van der Waals surface area contributed by atoms with Crippen molar-refractivity contribution in [3.05, 3.63) is 138 Å². The van der Waals surface area contributed by atoms with Gasteiger partial charge in [-0.1, -0.05) is 84.3 Å². The number of non-ortho nitro benzene ring substituents is 1. The van der Waals surface area contributed by atoms with E-state index in [1.54, 1.807) is 66.7 Å². The van der Waals surface area contributed by atoms with Gasteiger partial charge in [0.05, 0.1) is 54.5 Å². The van der Waals surface area contributed by atoms with Crippen LogP contribution < -0.4 is 138 Å². The first-order chi connectivity index (χ1) is 65.4. The molecule has 0 aromatic heterocycles. The molecule has 21 amide bonds. The molecule has 4 aromatic carbocycles. The fourth-order valence-electron chi connectivity index (χ4n) is 13.4. The average molecular weight is 2160 g/mol. The number of benzene rings is 4. The Bertz CT molecular complexity index is 5110. The normalized spacial score (nSPS) is 21.3. The highest BCUT2D eigenvalue weighted by molar-refractivity contribution is 14.1. The summed E-state index contributed by atoms with van der Waals surface area (Å²) in [4.78, 5) is 272. The monoisotopic (exact) mass is 2160 g/mol. The van der Waals surface area contributed by atoms with E-state index in [0.717, 1.165) is 6.07 Å². The van der Waals surface area contributed by atoms with Gasteiger partial charge in [0, 0.05) is 73.5 Å². The SMILES string of the molecule is C.C.C.C.CC(O)[C@@H]1NC(=O)C(CCCCN)NC(=O)c2cc([N+](=O)[O-])cc(I)c2NCC[C@@H](C(N)=O)NC1=O.NC(=O)CNC(=O)[C@@H]1CSCc2ccccc2C(=O)NC(CC(N)=O)C(=O)N[C@@H](CC(N)=O)C(=O)N1.NCCCCC1NC(=O)c2ccccc2CSC[C@@H](C(N)=O)NC(=O)[C@H](CC(N)=O)NC1=O.NCCCC[C@@H]1NC(=O)C(CC(N)=O)NC(=O)c2ccccc2CSC[C@@H](C(N)=O)NC1=O. The van der Waals surface area contributed by atoms with Gasteiger partial charge in [-0.25, -0.2) is 0 Å². The third-order valence-corrected chi connectivity index (χ3v) is 24.7. The molecule has 37 N–H and O–H groups in total. The van der Waals surface area contributed by atoms with E-state index in [9.17, 15) is 116 Å². The zero-order valence-electron chi connectivity index (χ0n) is 75.0. The summed E-state index contributed by atoms with van der Waals surface area (Å²) >= 11 is 5.67. The first-order valence-corrected chi connectivity index (χ1v) is 47.6. The average Bonchev–Trinajstić information content (AvgIpc) is 0.804. The second-order valence-electron chi connectivity index (χ2n) is 31.5. The molecule has 13 atom stereocenters. The first kappa shape index (κ1) is 127. The van der Waals surface area contributed by atoms with E-state index in [1.165, 1.54) is 54.3 Å². The summed E-state index contributed by atoms with van der Waals surface area (Å²) < 4.78 is 0.358. The van der Waals surface area contributed by atoms with Crippen molar-refractivity contribution >= 4 is 193 Å². The summed E-state index contributed by atoms with van der Waals surface area (Å²) in [5.41, 5.74) is 61.7. The highest BCUT2D eigenvalue weighted by atomic mass is 127. The number of fused-ring (bicyclic) bond motifs is 4. The van der Waals surface area contributed by atoms with E-state index in [2.05, 4.69) is 74.4 Å². The number of nitro groups is 1. The second kappa shape index (κ2) is 64.8. The lowest BCUT2D eigenvalue weighted by atomic mass is 10.0. The van der Waals surface area contributed by atoms with Crippen LogP contribution >= 0.6 is 57.9 Å². The maximum absolute atomic E-state index is 13.3. The fourth-order valence-corrected chi connectivity index (χ4v) is 17.4. The number of nitrogens with one attached hydrogen (secondary N) is 14. The number of amides is 21. The lowest BCUT2D eigenvalue weighted by Gasteiger charge is -2.27. The lowest BCUT2D eigenvalue weighted by Crippen LogP contribution is -2.59. The molecule has 4 aromatic rings. The number of aliphatic hydroxyl groups is 1. The molecule has 54 heteroatoms. The second-order valence-corrected chi connectivity index (χ2v) is 35.8. The number of carbonyl (C=O) groups is 21. The van der Waals surface area contributed by atoms with Crippen LogP contribution in [0.4, 0.5) is 11.4 Å². The molecule has 0 saturated carbocycles. The Kier molecular flexibility index (Phi) is 57.8. The molecule has 5 unspecified atom stereocenters. The van der Waals surface area contributed by atoms with Crippen molar-refractivity contribution in [3.8, 4) is 0 Å². The van der Waals surface area contributed by atoms with E-state index < -0.39 is 240 Å². The lowest BCUT2D eigenvalue weighted by molar-refractivity contribution is -0.385. The number of aliphatic hydroxyl groups excluding tert-OH is 1. The number of nitrogens with two attached hydrogens (primary N) is 11. The van der Waals surface area contributed by atoms with Crippen LogP contribution in [0.3, 0.4) is 0 Å². The molecule has 0 saturated heterocycles. The highest BCUT2D eigenvalue weighted by Crippen LogP contribution is 2.30. The zero-order valence-corrected chi connectivity index (χ0v) is 79.6. The van der Waals surface area contributed by atoms with Crippen molar-refractivity contribution in [2.24, 2.45) is 63.1 Å². The summed E-state index contributed by atoms with van der Waals surface area (Å²) in [6, 6.07) is 8.01. The van der Waals surface area contributed by atoms with Crippen LogP contribution in [0.2, 0.25) is 0 Å². The fraction of sp³-hybridized carbons (Fsp3) is 0.489.